The van der Waals surface area contributed by atoms with Gasteiger partial charge in [-0.25, -0.2) is 9.97 Å². The van der Waals surface area contributed by atoms with E-state index in [4.69, 9.17) is 12.2 Å². The molecule has 0 bridgehead atoms. The lowest BCUT2D eigenvalue weighted by atomic mass is 10.3. The average Bonchev–Trinajstić information content (AvgIpc) is 3.10. The molecule has 0 saturated heterocycles. The van der Waals surface area contributed by atoms with Crippen molar-refractivity contribution in [2.24, 2.45) is 7.05 Å². The molecule has 3 N–H and O–H groups in total. The molecular formula is C13H17N7OS. The molecule has 0 aliphatic carbocycles. The lowest BCUT2D eigenvalue weighted by Gasteiger charge is -2.16. The minimum absolute atomic E-state index is 0.134. The monoisotopic (exact) mass is 319 g/mol. The fraction of sp³-hybridized carbons (Fsp3) is 0.385. The predicted octanol–water partition coefficient (Wildman–Crippen LogP) is 0.694. The number of nitrogens with zero attached hydrogens (tertiary/aromatic N) is 4. The van der Waals surface area contributed by atoms with Crippen LogP contribution in [0.2, 0.25) is 0 Å². The van der Waals surface area contributed by atoms with Crippen LogP contribution < -0.4 is 10.9 Å². The second-order valence-electron chi connectivity index (χ2n) is 5.21. The molecule has 0 radical (unpaired) electrons. The van der Waals surface area contributed by atoms with Crippen molar-refractivity contribution < 1.29 is 0 Å². The van der Waals surface area contributed by atoms with Crippen LogP contribution in [0.3, 0.4) is 0 Å². The second kappa shape index (κ2) is 5.85. The molecule has 1 atom stereocenters. The molecule has 0 unspecified atom stereocenters. The maximum absolute atomic E-state index is 11.8. The van der Waals surface area contributed by atoms with E-state index < -0.39 is 0 Å². The van der Waals surface area contributed by atoms with Gasteiger partial charge in [-0.15, -0.1) is 0 Å². The fourth-order valence-electron chi connectivity index (χ4n) is 2.32. The molecule has 22 heavy (non-hydrogen) atoms. The van der Waals surface area contributed by atoms with Crippen LogP contribution >= 0.6 is 12.2 Å². The van der Waals surface area contributed by atoms with Gasteiger partial charge >= 0.3 is 0 Å². The van der Waals surface area contributed by atoms with E-state index in [9.17, 15) is 4.79 Å². The first-order valence-corrected chi connectivity index (χ1v) is 7.33. The van der Waals surface area contributed by atoms with Crippen molar-refractivity contribution in [2.45, 2.75) is 26.1 Å². The fourth-order valence-corrected chi connectivity index (χ4v) is 2.58. The normalized spacial score (nSPS) is 12.8. The highest BCUT2D eigenvalue weighted by atomic mass is 32.1. The van der Waals surface area contributed by atoms with Crippen LogP contribution in [0.5, 0.6) is 0 Å². The topological polar surface area (TPSA) is 96.3 Å². The van der Waals surface area contributed by atoms with Crippen LogP contribution in [0, 0.1) is 4.77 Å². The third-order valence-corrected chi connectivity index (χ3v) is 3.88. The van der Waals surface area contributed by atoms with Crippen LogP contribution in [0.1, 0.15) is 12.7 Å². The SMILES string of the molecule is C[C@@H](Cn1c(=S)[nH]c(=O)c2[nH]cnc21)NCc1nccn1C. The number of rotatable bonds is 5. The average molecular weight is 319 g/mol. The number of imidazole rings is 2. The smallest absolute Gasteiger partial charge is 0.277 e. The minimum Gasteiger partial charge on any atom is -0.339 e. The molecule has 0 amide bonds. The standard InChI is InChI=1S/C13H17N7OS/c1-8(15-5-9-14-3-4-19(9)2)6-20-11-10(16-7-17-11)12(21)18-13(20)22/h3-4,7-8,15H,5-6H2,1-2H3,(H,16,17)(H,18,21,22)/t8-/m0/s1. The zero-order valence-corrected chi connectivity index (χ0v) is 13.1. The molecule has 0 saturated carbocycles. The van der Waals surface area contributed by atoms with Crippen LogP contribution in [0.15, 0.2) is 23.5 Å². The number of aromatic nitrogens is 6. The number of H-pyrrole nitrogens is 2. The van der Waals surface area contributed by atoms with Crippen LogP contribution in [-0.2, 0) is 20.1 Å². The van der Waals surface area contributed by atoms with Crippen molar-refractivity contribution in [2.75, 3.05) is 0 Å². The van der Waals surface area contributed by atoms with E-state index >= 15 is 0 Å². The van der Waals surface area contributed by atoms with E-state index in [1.165, 1.54) is 6.33 Å². The maximum atomic E-state index is 11.8. The third-order valence-electron chi connectivity index (χ3n) is 3.55. The van der Waals surface area contributed by atoms with Crippen molar-refractivity contribution in [1.82, 2.24) is 34.4 Å². The predicted molar refractivity (Wildman–Crippen MR) is 85.0 cm³/mol. The van der Waals surface area contributed by atoms with Crippen LogP contribution in [-0.4, -0.2) is 35.1 Å². The number of aromatic amines is 2. The van der Waals surface area contributed by atoms with Gasteiger partial charge in [0, 0.05) is 32.0 Å². The Kier molecular flexibility index (Phi) is 3.90. The maximum Gasteiger partial charge on any atom is 0.277 e. The first kappa shape index (κ1) is 14.7. The second-order valence-corrected chi connectivity index (χ2v) is 5.59. The summed E-state index contributed by atoms with van der Waals surface area (Å²) < 4.78 is 4.16. The Morgan fingerprint density at radius 2 is 2.27 bits per heavy atom. The lowest BCUT2D eigenvalue weighted by molar-refractivity contribution is 0.465. The number of aryl methyl sites for hydroxylation is 1. The van der Waals surface area contributed by atoms with E-state index in [0.29, 0.717) is 29.0 Å². The van der Waals surface area contributed by atoms with Gasteiger partial charge in [-0.05, 0) is 19.1 Å². The molecule has 0 fully saturated rings. The van der Waals surface area contributed by atoms with Gasteiger partial charge in [-0.2, -0.15) is 0 Å². The summed E-state index contributed by atoms with van der Waals surface area (Å²) in [5.41, 5.74) is 0.756. The molecule has 0 aliphatic heterocycles. The largest absolute Gasteiger partial charge is 0.339 e. The minimum atomic E-state index is -0.248. The van der Waals surface area contributed by atoms with Gasteiger partial charge in [0.2, 0.25) is 0 Å². The van der Waals surface area contributed by atoms with Crippen LogP contribution in [0.25, 0.3) is 11.2 Å². The van der Waals surface area contributed by atoms with Crippen molar-refractivity contribution >= 4 is 23.4 Å². The highest BCUT2D eigenvalue weighted by Crippen LogP contribution is 2.06. The zero-order valence-electron chi connectivity index (χ0n) is 12.3. The zero-order chi connectivity index (χ0) is 15.7. The molecule has 3 rings (SSSR count). The van der Waals surface area contributed by atoms with Crippen molar-refractivity contribution in [3.63, 3.8) is 0 Å². The summed E-state index contributed by atoms with van der Waals surface area (Å²) >= 11 is 5.25. The molecule has 0 aromatic carbocycles. The van der Waals surface area contributed by atoms with Gasteiger partial charge in [0.1, 0.15) is 11.3 Å². The van der Waals surface area contributed by atoms with E-state index in [0.717, 1.165) is 5.82 Å². The molecule has 3 aromatic rings. The van der Waals surface area contributed by atoms with E-state index in [1.807, 2.05) is 29.3 Å². The summed E-state index contributed by atoms with van der Waals surface area (Å²) in [6.45, 7) is 3.31. The summed E-state index contributed by atoms with van der Waals surface area (Å²) in [5, 5.41) is 3.39. The third kappa shape index (κ3) is 2.72. The molecule has 3 heterocycles. The summed E-state index contributed by atoms with van der Waals surface area (Å²) in [4.78, 5) is 25.7. The van der Waals surface area contributed by atoms with Gasteiger partial charge in [0.15, 0.2) is 10.4 Å². The first-order chi connectivity index (χ1) is 10.6. The summed E-state index contributed by atoms with van der Waals surface area (Å²) in [5.74, 6) is 0.960. The summed E-state index contributed by atoms with van der Waals surface area (Å²) in [6, 6.07) is 0.134. The van der Waals surface area contributed by atoms with Gasteiger partial charge in [0.25, 0.3) is 5.56 Å². The van der Waals surface area contributed by atoms with Crippen molar-refractivity contribution in [3.8, 4) is 0 Å². The summed E-state index contributed by atoms with van der Waals surface area (Å²) in [6.07, 6.45) is 5.18. The number of nitrogens with one attached hydrogen (secondary N) is 3. The Hall–Kier alpha value is -2.26. The van der Waals surface area contributed by atoms with Gasteiger partial charge in [0.05, 0.1) is 12.9 Å². The molecule has 0 spiro atoms. The highest BCUT2D eigenvalue weighted by Gasteiger charge is 2.11. The Balaban J connectivity index is 1.78. The van der Waals surface area contributed by atoms with Crippen molar-refractivity contribution in [1.29, 1.82) is 0 Å². The van der Waals surface area contributed by atoms with Crippen LogP contribution in [0.4, 0.5) is 0 Å². The molecule has 116 valence electrons. The highest BCUT2D eigenvalue weighted by molar-refractivity contribution is 7.71. The van der Waals surface area contributed by atoms with E-state index in [2.05, 4.69) is 25.3 Å². The quantitative estimate of drug-likeness (QED) is 0.601. The first-order valence-electron chi connectivity index (χ1n) is 6.92. The molecule has 3 aromatic heterocycles. The number of hydrogen-bond donors (Lipinski definition) is 3. The Morgan fingerprint density at radius 3 is 3.00 bits per heavy atom. The lowest BCUT2D eigenvalue weighted by Crippen LogP contribution is -2.32. The molecule has 0 aliphatic rings. The Labute approximate surface area is 131 Å². The van der Waals surface area contributed by atoms with Gasteiger partial charge < -0.3 is 14.9 Å². The number of hydrogen-bond acceptors (Lipinski definition) is 5. The Morgan fingerprint density at radius 1 is 1.45 bits per heavy atom. The van der Waals surface area contributed by atoms with E-state index in [-0.39, 0.29) is 11.6 Å². The Bertz CT molecular complexity index is 903. The molecule has 9 heteroatoms. The van der Waals surface area contributed by atoms with Gasteiger partial charge in [-0.3, -0.25) is 14.3 Å². The molecular weight excluding hydrogens is 302 g/mol. The van der Waals surface area contributed by atoms with Crippen molar-refractivity contribution in [3.05, 3.63) is 39.7 Å². The van der Waals surface area contributed by atoms with E-state index in [1.54, 1.807) is 6.20 Å². The summed E-state index contributed by atoms with van der Waals surface area (Å²) in [7, 11) is 1.96. The molecule has 8 nitrogen and oxygen atoms in total. The van der Waals surface area contributed by atoms with Gasteiger partial charge in [-0.1, -0.05) is 0 Å². The number of fused-ring (bicyclic) bond motifs is 1.